The van der Waals surface area contributed by atoms with Crippen molar-refractivity contribution in [3.05, 3.63) is 59.7 Å². The normalized spacial score (nSPS) is 18.8. The first-order chi connectivity index (χ1) is 16.1. The van der Waals surface area contributed by atoms with Crippen LogP contribution in [0.3, 0.4) is 0 Å². The van der Waals surface area contributed by atoms with E-state index in [9.17, 15) is 4.79 Å². The second-order valence-corrected chi connectivity index (χ2v) is 8.79. The monoisotopic (exact) mass is 444 g/mol. The van der Waals surface area contributed by atoms with Crippen LogP contribution in [0.15, 0.2) is 42.9 Å². The van der Waals surface area contributed by atoms with E-state index in [0.29, 0.717) is 56.9 Å². The number of aryl methyl sites for hydroxylation is 1. The van der Waals surface area contributed by atoms with Crippen LogP contribution in [0.25, 0.3) is 11.4 Å². The maximum atomic E-state index is 13.1. The van der Waals surface area contributed by atoms with Crippen LogP contribution >= 0.6 is 0 Å². The Kier molecular flexibility index (Phi) is 4.81. The van der Waals surface area contributed by atoms with E-state index in [1.807, 2.05) is 30.0 Å². The van der Waals surface area contributed by atoms with Gasteiger partial charge in [0.1, 0.15) is 0 Å². The van der Waals surface area contributed by atoms with Gasteiger partial charge in [0.2, 0.25) is 5.95 Å². The number of hydrogen-bond acceptors (Lipinski definition) is 8. The molecular weight excluding hydrogens is 420 g/mol. The van der Waals surface area contributed by atoms with Crippen LogP contribution in [0, 0.1) is 6.92 Å². The maximum absolute atomic E-state index is 13.1. The molecule has 33 heavy (non-hydrogen) atoms. The molecular formula is C24H24N6O3. The Morgan fingerprint density at radius 1 is 1.03 bits per heavy atom. The summed E-state index contributed by atoms with van der Waals surface area (Å²) in [5, 5.41) is 0. The lowest BCUT2D eigenvalue weighted by molar-refractivity contribution is -0.0507. The van der Waals surface area contributed by atoms with Gasteiger partial charge >= 0.3 is 0 Å². The Hall–Kier alpha value is -3.43. The molecule has 0 atom stereocenters. The summed E-state index contributed by atoms with van der Waals surface area (Å²) in [6, 6.07) is 7.83. The number of anilines is 2. The molecule has 0 unspecified atom stereocenters. The van der Waals surface area contributed by atoms with Crippen molar-refractivity contribution in [3.63, 3.8) is 0 Å². The van der Waals surface area contributed by atoms with Gasteiger partial charge in [0.15, 0.2) is 5.82 Å². The number of aromatic nitrogens is 4. The average molecular weight is 444 g/mol. The standard InChI is InChI=1S/C24H24N6O3/c1-16-4-5-25-21(28-16)18-11-26-23(27-12-18)30-13-24(14-33-15-24)19-3-2-17(10-20(19)30)22(31)29-6-8-32-9-7-29/h2-5,10-12H,6-9,13-15H2,1H3. The minimum absolute atomic E-state index is 0.0275. The molecule has 0 bridgehead atoms. The highest BCUT2D eigenvalue weighted by Gasteiger charge is 2.49. The summed E-state index contributed by atoms with van der Waals surface area (Å²) in [5.74, 6) is 1.22. The lowest BCUT2D eigenvalue weighted by Crippen LogP contribution is -2.49. The fourth-order valence-electron chi connectivity index (χ4n) is 4.70. The first-order valence-corrected chi connectivity index (χ1v) is 11.1. The zero-order chi connectivity index (χ0) is 22.4. The van der Waals surface area contributed by atoms with E-state index in [-0.39, 0.29) is 11.3 Å². The molecule has 3 aliphatic heterocycles. The Labute approximate surface area is 191 Å². The minimum atomic E-state index is -0.0858. The van der Waals surface area contributed by atoms with Gasteiger partial charge in [0.05, 0.1) is 37.4 Å². The number of amides is 1. The van der Waals surface area contributed by atoms with Gasteiger partial charge in [-0.1, -0.05) is 6.07 Å². The fourth-order valence-corrected chi connectivity index (χ4v) is 4.70. The fraction of sp³-hybridized carbons (Fsp3) is 0.375. The van der Waals surface area contributed by atoms with E-state index in [0.717, 1.165) is 23.5 Å². The topological polar surface area (TPSA) is 93.6 Å². The molecule has 1 spiro atoms. The van der Waals surface area contributed by atoms with Crippen LogP contribution in [-0.4, -0.2) is 76.8 Å². The predicted molar refractivity (Wildman–Crippen MR) is 120 cm³/mol. The van der Waals surface area contributed by atoms with Crippen molar-refractivity contribution in [2.24, 2.45) is 0 Å². The third-order valence-corrected chi connectivity index (χ3v) is 6.56. The first kappa shape index (κ1) is 20.2. The Morgan fingerprint density at radius 3 is 2.52 bits per heavy atom. The number of fused-ring (bicyclic) bond motifs is 2. The largest absolute Gasteiger partial charge is 0.379 e. The van der Waals surface area contributed by atoms with Crippen LogP contribution in [-0.2, 0) is 14.9 Å². The number of nitrogens with zero attached hydrogens (tertiary/aromatic N) is 6. The highest BCUT2D eigenvalue weighted by Crippen LogP contribution is 2.47. The smallest absolute Gasteiger partial charge is 0.254 e. The third-order valence-electron chi connectivity index (χ3n) is 6.56. The van der Waals surface area contributed by atoms with E-state index >= 15 is 0 Å². The molecule has 3 aliphatic rings. The van der Waals surface area contributed by atoms with Crippen molar-refractivity contribution in [2.45, 2.75) is 12.3 Å². The number of hydrogen-bond donors (Lipinski definition) is 0. The van der Waals surface area contributed by atoms with Crippen LogP contribution in [0.2, 0.25) is 0 Å². The molecule has 0 aliphatic carbocycles. The van der Waals surface area contributed by atoms with Crippen molar-refractivity contribution in [1.82, 2.24) is 24.8 Å². The van der Waals surface area contributed by atoms with Crippen molar-refractivity contribution in [2.75, 3.05) is 51.0 Å². The molecule has 2 fully saturated rings. The molecule has 1 aromatic carbocycles. The number of carbonyl (C=O) groups is 1. The summed E-state index contributed by atoms with van der Waals surface area (Å²) in [4.78, 5) is 35.1. The van der Waals surface area contributed by atoms with E-state index < -0.39 is 0 Å². The highest BCUT2D eigenvalue weighted by molar-refractivity contribution is 5.96. The number of rotatable bonds is 3. The van der Waals surface area contributed by atoms with Crippen molar-refractivity contribution in [3.8, 4) is 11.4 Å². The highest BCUT2D eigenvalue weighted by atomic mass is 16.5. The van der Waals surface area contributed by atoms with E-state index in [2.05, 4.69) is 30.9 Å². The molecule has 1 amide bonds. The quantitative estimate of drug-likeness (QED) is 0.607. The van der Waals surface area contributed by atoms with Crippen molar-refractivity contribution < 1.29 is 14.3 Å². The molecule has 2 aromatic heterocycles. The molecule has 3 aromatic rings. The average Bonchev–Trinajstić information content (AvgIpc) is 3.20. The molecule has 0 N–H and O–H groups in total. The molecule has 9 heteroatoms. The minimum Gasteiger partial charge on any atom is -0.379 e. The van der Waals surface area contributed by atoms with Crippen LogP contribution < -0.4 is 4.90 Å². The summed E-state index contributed by atoms with van der Waals surface area (Å²) in [7, 11) is 0. The second kappa shape index (κ2) is 7.86. The summed E-state index contributed by atoms with van der Waals surface area (Å²) in [5.41, 5.74) is 4.39. The van der Waals surface area contributed by atoms with Gasteiger partial charge in [-0.2, -0.15) is 0 Å². The van der Waals surface area contributed by atoms with E-state index in [1.165, 1.54) is 5.56 Å². The van der Waals surface area contributed by atoms with Gasteiger partial charge in [-0.25, -0.2) is 19.9 Å². The molecule has 0 saturated carbocycles. The number of ether oxygens (including phenoxy) is 2. The van der Waals surface area contributed by atoms with Gasteiger partial charge in [0, 0.05) is 55.2 Å². The van der Waals surface area contributed by atoms with Crippen LogP contribution in [0.4, 0.5) is 11.6 Å². The molecule has 6 rings (SSSR count). The van der Waals surface area contributed by atoms with Gasteiger partial charge in [-0.3, -0.25) is 4.79 Å². The van der Waals surface area contributed by atoms with Gasteiger partial charge < -0.3 is 19.3 Å². The lowest BCUT2D eigenvalue weighted by atomic mass is 9.80. The Bertz CT molecular complexity index is 1210. The molecule has 168 valence electrons. The van der Waals surface area contributed by atoms with Crippen LogP contribution in [0.5, 0.6) is 0 Å². The van der Waals surface area contributed by atoms with Gasteiger partial charge in [-0.05, 0) is 30.7 Å². The Morgan fingerprint density at radius 2 is 1.82 bits per heavy atom. The summed E-state index contributed by atoms with van der Waals surface area (Å²) in [6.45, 7) is 6.34. The van der Waals surface area contributed by atoms with Crippen molar-refractivity contribution >= 4 is 17.5 Å². The number of carbonyl (C=O) groups excluding carboxylic acids is 1. The maximum Gasteiger partial charge on any atom is 0.254 e. The zero-order valence-electron chi connectivity index (χ0n) is 18.4. The Balaban J connectivity index is 1.34. The predicted octanol–water partition coefficient (Wildman–Crippen LogP) is 2.13. The van der Waals surface area contributed by atoms with E-state index in [4.69, 9.17) is 9.47 Å². The zero-order valence-corrected chi connectivity index (χ0v) is 18.4. The molecule has 9 nitrogen and oxygen atoms in total. The van der Waals surface area contributed by atoms with Gasteiger partial charge in [-0.15, -0.1) is 0 Å². The molecule has 0 radical (unpaired) electrons. The van der Waals surface area contributed by atoms with Crippen molar-refractivity contribution in [1.29, 1.82) is 0 Å². The summed E-state index contributed by atoms with van der Waals surface area (Å²) >= 11 is 0. The second-order valence-electron chi connectivity index (χ2n) is 8.79. The van der Waals surface area contributed by atoms with Gasteiger partial charge in [0.25, 0.3) is 5.91 Å². The summed E-state index contributed by atoms with van der Waals surface area (Å²) in [6.07, 6.45) is 5.24. The first-order valence-electron chi connectivity index (χ1n) is 11.1. The third kappa shape index (κ3) is 3.44. The van der Waals surface area contributed by atoms with Crippen LogP contribution in [0.1, 0.15) is 21.6 Å². The number of benzene rings is 1. The number of morpholine rings is 1. The van der Waals surface area contributed by atoms with E-state index in [1.54, 1.807) is 18.6 Å². The lowest BCUT2D eigenvalue weighted by Gasteiger charge is -2.38. The molecule has 2 saturated heterocycles. The SMILES string of the molecule is Cc1ccnc(-c2cnc(N3CC4(COC4)c4ccc(C(=O)N5CCOCC5)cc43)nc2)n1. The molecule has 5 heterocycles. The summed E-state index contributed by atoms with van der Waals surface area (Å²) < 4.78 is 11.0.